The van der Waals surface area contributed by atoms with Gasteiger partial charge in [0.25, 0.3) is 0 Å². The first-order chi connectivity index (χ1) is 7.83. The van der Waals surface area contributed by atoms with Crippen molar-refractivity contribution in [3.8, 4) is 0 Å². The lowest BCUT2D eigenvalue weighted by molar-refractivity contribution is -0.148. The van der Waals surface area contributed by atoms with Gasteiger partial charge < -0.3 is 9.47 Å². The molecule has 1 heterocycles. The molecule has 1 rings (SSSR count). The molecule has 0 bridgehead atoms. The Kier molecular flexibility index (Phi) is 6.18. The van der Waals surface area contributed by atoms with Crippen molar-refractivity contribution in [2.75, 3.05) is 19.8 Å². The molecule has 0 atom stereocenters. The van der Waals surface area contributed by atoms with Gasteiger partial charge in [-0.15, -0.1) is 0 Å². The number of aryl methyl sites for hydroxylation is 1. The van der Waals surface area contributed by atoms with Gasteiger partial charge in [0.2, 0.25) is 0 Å². The van der Waals surface area contributed by atoms with E-state index in [4.69, 9.17) is 9.47 Å². The fourth-order valence-corrected chi connectivity index (χ4v) is 1.29. The maximum Gasteiger partial charge on any atom is 0.332 e. The van der Waals surface area contributed by atoms with Gasteiger partial charge in [0.05, 0.1) is 6.61 Å². The highest BCUT2D eigenvalue weighted by Crippen LogP contribution is 2.00. The first-order valence-electron chi connectivity index (χ1n) is 5.45. The van der Waals surface area contributed by atoms with Crippen LogP contribution < -0.4 is 0 Å². The number of nitrogens with zero attached hydrogens (tertiary/aromatic N) is 1. The summed E-state index contributed by atoms with van der Waals surface area (Å²) in [5.41, 5.74) is 1.23. The highest BCUT2D eigenvalue weighted by Gasteiger charge is 2.00. The predicted octanol–water partition coefficient (Wildman–Crippen LogP) is 1.59. The summed E-state index contributed by atoms with van der Waals surface area (Å²) in [6.07, 6.45) is 5.37. The van der Waals surface area contributed by atoms with Gasteiger partial charge in [-0.25, -0.2) is 4.79 Å². The van der Waals surface area contributed by atoms with Crippen molar-refractivity contribution < 1.29 is 14.3 Å². The fraction of sp³-hybridized carbons (Fsp3) is 0.500. The highest BCUT2D eigenvalue weighted by molar-refractivity contribution is 5.70. The molecule has 0 saturated heterocycles. The summed E-state index contributed by atoms with van der Waals surface area (Å²) >= 11 is 0. The molecule has 0 N–H and O–H groups in total. The van der Waals surface area contributed by atoms with Crippen LogP contribution in [0.15, 0.2) is 24.5 Å². The van der Waals surface area contributed by atoms with E-state index in [9.17, 15) is 4.79 Å². The molecule has 0 unspecified atom stereocenters. The average molecular weight is 223 g/mol. The second kappa shape index (κ2) is 7.82. The van der Waals surface area contributed by atoms with Gasteiger partial charge in [-0.2, -0.15) is 0 Å². The number of hydrogen-bond acceptors (Lipinski definition) is 4. The van der Waals surface area contributed by atoms with Crippen molar-refractivity contribution in [3.63, 3.8) is 0 Å². The zero-order valence-corrected chi connectivity index (χ0v) is 9.52. The molecular formula is C12H17NO3. The topological polar surface area (TPSA) is 48.4 Å². The second-order valence-electron chi connectivity index (χ2n) is 3.32. The normalized spacial score (nSPS) is 10.1. The van der Waals surface area contributed by atoms with Crippen LogP contribution in [0.4, 0.5) is 0 Å². The molecule has 0 radical (unpaired) electrons. The van der Waals surface area contributed by atoms with Crippen LogP contribution in [0.1, 0.15) is 18.9 Å². The Morgan fingerprint density at radius 3 is 2.81 bits per heavy atom. The molecule has 1 aromatic heterocycles. The Balaban J connectivity index is 2.02. The van der Waals surface area contributed by atoms with E-state index in [1.54, 1.807) is 19.3 Å². The van der Waals surface area contributed by atoms with E-state index in [1.165, 1.54) is 5.56 Å². The van der Waals surface area contributed by atoms with E-state index in [1.807, 2.05) is 12.1 Å². The maximum absolute atomic E-state index is 10.9. The standard InChI is InChI=1S/C12H17NO3/c1-2-16-12(14)10-15-9-3-4-11-5-7-13-8-6-11/h5-8H,2-4,9-10H2,1H3. The lowest BCUT2D eigenvalue weighted by Gasteiger charge is -2.04. The number of rotatable bonds is 7. The summed E-state index contributed by atoms with van der Waals surface area (Å²) in [6, 6.07) is 3.96. The number of pyridine rings is 1. The summed E-state index contributed by atoms with van der Waals surface area (Å²) in [6.45, 7) is 2.80. The van der Waals surface area contributed by atoms with Crippen molar-refractivity contribution in [1.82, 2.24) is 4.98 Å². The number of hydrogen-bond donors (Lipinski definition) is 0. The molecule has 0 fully saturated rings. The smallest absolute Gasteiger partial charge is 0.332 e. The third-order valence-electron chi connectivity index (χ3n) is 2.03. The summed E-state index contributed by atoms with van der Waals surface area (Å²) in [5.74, 6) is -0.300. The predicted molar refractivity (Wildman–Crippen MR) is 60.0 cm³/mol. The van der Waals surface area contributed by atoms with Crippen LogP contribution in [0.5, 0.6) is 0 Å². The second-order valence-corrected chi connectivity index (χ2v) is 3.32. The molecule has 0 spiro atoms. The van der Waals surface area contributed by atoms with Crippen LogP contribution in [0.3, 0.4) is 0 Å². The minimum absolute atomic E-state index is 0.0458. The molecule has 0 saturated carbocycles. The van der Waals surface area contributed by atoms with Crippen LogP contribution in [0, 0.1) is 0 Å². The van der Waals surface area contributed by atoms with E-state index in [0.717, 1.165) is 12.8 Å². The Labute approximate surface area is 95.6 Å². The minimum atomic E-state index is -0.300. The molecule has 0 aliphatic rings. The van der Waals surface area contributed by atoms with Crippen LogP contribution >= 0.6 is 0 Å². The van der Waals surface area contributed by atoms with E-state index >= 15 is 0 Å². The molecule has 1 aromatic rings. The first kappa shape index (κ1) is 12.6. The zero-order valence-electron chi connectivity index (χ0n) is 9.52. The van der Waals surface area contributed by atoms with Gasteiger partial charge in [0, 0.05) is 19.0 Å². The van der Waals surface area contributed by atoms with Crippen LogP contribution in [-0.4, -0.2) is 30.8 Å². The van der Waals surface area contributed by atoms with Crippen molar-refractivity contribution >= 4 is 5.97 Å². The van der Waals surface area contributed by atoms with Gasteiger partial charge in [-0.05, 0) is 37.5 Å². The molecular weight excluding hydrogens is 206 g/mol. The zero-order chi connectivity index (χ0) is 11.6. The largest absolute Gasteiger partial charge is 0.464 e. The fourth-order valence-electron chi connectivity index (χ4n) is 1.29. The van der Waals surface area contributed by atoms with Gasteiger partial charge in [0.1, 0.15) is 6.61 Å². The number of carbonyl (C=O) groups is 1. The molecule has 0 aliphatic heterocycles. The lowest BCUT2D eigenvalue weighted by Crippen LogP contribution is -2.13. The van der Waals surface area contributed by atoms with Crippen molar-refractivity contribution in [2.45, 2.75) is 19.8 Å². The molecule has 88 valence electrons. The molecule has 0 aliphatic carbocycles. The van der Waals surface area contributed by atoms with E-state index < -0.39 is 0 Å². The third-order valence-corrected chi connectivity index (χ3v) is 2.03. The van der Waals surface area contributed by atoms with Crippen molar-refractivity contribution in [2.24, 2.45) is 0 Å². The van der Waals surface area contributed by atoms with Gasteiger partial charge in [-0.1, -0.05) is 0 Å². The maximum atomic E-state index is 10.9. The monoisotopic (exact) mass is 223 g/mol. The molecule has 4 heteroatoms. The van der Waals surface area contributed by atoms with E-state index in [2.05, 4.69) is 4.98 Å². The van der Waals surface area contributed by atoms with Gasteiger partial charge in [-0.3, -0.25) is 4.98 Å². The van der Waals surface area contributed by atoms with Crippen LogP contribution in [0.25, 0.3) is 0 Å². The van der Waals surface area contributed by atoms with Crippen molar-refractivity contribution in [1.29, 1.82) is 0 Å². The molecule has 16 heavy (non-hydrogen) atoms. The van der Waals surface area contributed by atoms with E-state index in [0.29, 0.717) is 13.2 Å². The van der Waals surface area contributed by atoms with Crippen LogP contribution in [-0.2, 0) is 20.7 Å². The Hall–Kier alpha value is -1.42. The molecule has 4 nitrogen and oxygen atoms in total. The highest BCUT2D eigenvalue weighted by atomic mass is 16.6. The number of carbonyl (C=O) groups excluding carboxylic acids is 1. The van der Waals surface area contributed by atoms with Gasteiger partial charge in [0.15, 0.2) is 0 Å². The van der Waals surface area contributed by atoms with Gasteiger partial charge >= 0.3 is 5.97 Å². The summed E-state index contributed by atoms with van der Waals surface area (Å²) in [7, 11) is 0. The summed E-state index contributed by atoms with van der Waals surface area (Å²) in [4.78, 5) is 14.9. The average Bonchev–Trinajstić information content (AvgIpc) is 2.30. The number of ether oxygens (including phenoxy) is 2. The Bertz CT molecular complexity index is 300. The molecule has 0 aromatic carbocycles. The Morgan fingerprint density at radius 2 is 2.12 bits per heavy atom. The SMILES string of the molecule is CCOC(=O)COCCCc1ccncc1. The number of esters is 1. The van der Waals surface area contributed by atoms with Crippen LogP contribution in [0.2, 0.25) is 0 Å². The Morgan fingerprint density at radius 1 is 1.38 bits per heavy atom. The molecule has 0 amide bonds. The lowest BCUT2D eigenvalue weighted by atomic mass is 10.1. The first-order valence-corrected chi connectivity index (χ1v) is 5.45. The van der Waals surface area contributed by atoms with E-state index in [-0.39, 0.29) is 12.6 Å². The van der Waals surface area contributed by atoms with Crippen molar-refractivity contribution in [3.05, 3.63) is 30.1 Å². The number of aromatic nitrogens is 1. The minimum Gasteiger partial charge on any atom is -0.464 e. The third kappa shape index (κ3) is 5.46. The quantitative estimate of drug-likeness (QED) is 0.520. The summed E-state index contributed by atoms with van der Waals surface area (Å²) in [5, 5.41) is 0. The summed E-state index contributed by atoms with van der Waals surface area (Å²) < 4.78 is 9.91.